The fourth-order valence-electron chi connectivity index (χ4n) is 2.50. The molecule has 0 atom stereocenters. The second kappa shape index (κ2) is 2.56. The maximum absolute atomic E-state index is 11.6. The van der Waals surface area contributed by atoms with Crippen LogP contribution in [0.5, 0.6) is 0 Å². The first-order valence-corrected chi connectivity index (χ1v) is 5.01. The molecule has 3 heteroatoms. The summed E-state index contributed by atoms with van der Waals surface area (Å²) in [5.41, 5.74) is 1.16. The maximum atomic E-state index is 11.6. The third-order valence-electron chi connectivity index (χ3n) is 3.16. The second-order valence-electron chi connectivity index (χ2n) is 3.99. The molecule has 3 nitrogen and oxygen atoms in total. The van der Waals surface area contributed by atoms with Crippen LogP contribution in [0.2, 0.25) is 0 Å². The number of hydrogen-bond donors (Lipinski definition) is 0. The van der Waals surface area contributed by atoms with Gasteiger partial charge < -0.3 is 4.74 Å². The Balaban J connectivity index is 2.18. The molecule has 0 aromatic carbocycles. The van der Waals surface area contributed by atoms with Crippen LogP contribution in [0, 0.1) is 0 Å². The molecule has 3 rings (SSSR count). The summed E-state index contributed by atoms with van der Waals surface area (Å²) >= 11 is 0. The van der Waals surface area contributed by atoms with Gasteiger partial charge in [-0.15, -0.1) is 0 Å². The molecule has 1 aliphatic carbocycles. The molecule has 1 fully saturated rings. The average molecular weight is 189 g/mol. The molecule has 0 N–H and O–H groups in total. The zero-order chi connectivity index (χ0) is 9.60. The number of nitrogens with zero attached hydrogens (tertiary/aromatic N) is 1. The van der Waals surface area contributed by atoms with Crippen LogP contribution in [0.3, 0.4) is 0 Å². The number of hydrogen-bond acceptors (Lipinski definition) is 3. The lowest BCUT2D eigenvalue weighted by Crippen LogP contribution is -2.22. The monoisotopic (exact) mass is 189 g/mol. The van der Waals surface area contributed by atoms with Gasteiger partial charge in [-0.25, -0.2) is 4.79 Å². The lowest BCUT2D eigenvalue weighted by Gasteiger charge is -2.21. The van der Waals surface area contributed by atoms with E-state index in [-0.39, 0.29) is 11.6 Å². The first-order valence-electron chi connectivity index (χ1n) is 5.01. The average Bonchev–Trinajstić information content (AvgIpc) is 2.77. The standard InChI is InChI=1S/C11H11NO2/c13-10-8-4-3-7-12-9(8)11(14-10)5-1-2-6-11/h3-4,7H,1-2,5-6H2. The van der Waals surface area contributed by atoms with Gasteiger partial charge in [-0.2, -0.15) is 0 Å². The molecule has 0 saturated heterocycles. The zero-order valence-electron chi connectivity index (χ0n) is 7.82. The van der Waals surface area contributed by atoms with Crippen LogP contribution in [-0.2, 0) is 10.3 Å². The van der Waals surface area contributed by atoms with Crippen molar-refractivity contribution < 1.29 is 9.53 Å². The Morgan fingerprint density at radius 2 is 2.14 bits per heavy atom. The van der Waals surface area contributed by atoms with Crippen molar-refractivity contribution >= 4 is 5.97 Å². The van der Waals surface area contributed by atoms with E-state index in [4.69, 9.17) is 4.74 Å². The van der Waals surface area contributed by atoms with Crippen molar-refractivity contribution in [2.24, 2.45) is 0 Å². The number of aromatic nitrogens is 1. The summed E-state index contributed by atoms with van der Waals surface area (Å²) in [5.74, 6) is -0.199. The minimum absolute atomic E-state index is 0.199. The quantitative estimate of drug-likeness (QED) is 0.586. The molecule has 1 saturated carbocycles. The van der Waals surface area contributed by atoms with Crippen LogP contribution in [-0.4, -0.2) is 11.0 Å². The van der Waals surface area contributed by atoms with Crippen LogP contribution in [0.15, 0.2) is 18.3 Å². The van der Waals surface area contributed by atoms with E-state index in [2.05, 4.69) is 4.98 Å². The Morgan fingerprint density at radius 3 is 2.93 bits per heavy atom. The van der Waals surface area contributed by atoms with Gasteiger partial charge in [0, 0.05) is 6.20 Å². The molecule has 1 aliphatic heterocycles. The summed E-state index contributed by atoms with van der Waals surface area (Å²) in [7, 11) is 0. The fourth-order valence-corrected chi connectivity index (χ4v) is 2.50. The van der Waals surface area contributed by atoms with Crippen molar-refractivity contribution in [3.63, 3.8) is 0 Å². The molecule has 72 valence electrons. The highest BCUT2D eigenvalue weighted by molar-refractivity contribution is 5.94. The smallest absolute Gasteiger partial charge is 0.341 e. The van der Waals surface area contributed by atoms with Crippen molar-refractivity contribution in [2.75, 3.05) is 0 Å². The van der Waals surface area contributed by atoms with Gasteiger partial charge in [0.1, 0.15) is 0 Å². The summed E-state index contributed by atoms with van der Waals surface area (Å²) < 4.78 is 5.48. The third-order valence-corrected chi connectivity index (χ3v) is 3.16. The predicted molar refractivity (Wildman–Crippen MR) is 49.8 cm³/mol. The molecule has 2 heterocycles. The molecular formula is C11H11NO2. The number of carbonyl (C=O) groups is 1. The van der Waals surface area contributed by atoms with Crippen LogP contribution in [0.1, 0.15) is 41.7 Å². The number of carbonyl (C=O) groups excluding carboxylic acids is 1. The molecule has 14 heavy (non-hydrogen) atoms. The number of pyridine rings is 1. The van der Waals surface area contributed by atoms with Gasteiger partial charge in [-0.3, -0.25) is 4.98 Å². The van der Waals surface area contributed by atoms with E-state index < -0.39 is 0 Å². The largest absolute Gasteiger partial charge is 0.449 e. The topological polar surface area (TPSA) is 39.2 Å². The molecule has 0 unspecified atom stereocenters. The number of fused-ring (bicyclic) bond motifs is 2. The molecule has 1 aromatic rings. The molecule has 0 bridgehead atoms. The zero-order valence-corrected chi connectivity index (χ0v) is 7.82. The lowest BCUT2D eigenvalue weighted by atomic mass is 9.96. The molecule has 1 spiro atoms. The third kappa shape index (κ3) is 0.870. The Bertz CT molecular complexity index is 394. The normalized spacial score (nSPS) is 22.4. The SMILES string of the molecule is O=C1OC2(CCCC2)c2ncccc21. The minimum Gasteiger partial charge on any atom is -0.449 e. The van der Waals surface area contributed by atoms with Crippen molar-refractivity contribution in [3.05, 3.63) is 29.6 Å². The van der Waals surface area contributed by atoms with Crippen molar-refractivity contribution in [1.82, 2.24) is 4.98 Å². The van der Waals surface area contributed by atoms with Gasteiger partial charge in [0.2, 0.25) is 0 Å². The Hall–Kier alpha value is -1.38. The Labute approximate surface area is 82.1 Å². The predicted octanol–water partition coefficient (Wildman–Crippen LogP) is 2.02. The Morgan fingerprint density at radius 1 is 1.36 bits per heavy atom. The number of rotatable bonds is 0. The van der Waals surface area contributed by atoms with E-state index in [9.17, 15) is 4.79 Å². The highest BCUT2D eigenvalue weighted by Crippen LogP contribution is 2.46. The number of ether oxygens (including phenoxy) is 1. The summed E-state index contributed by atoms with van der Waals surface area (Å²) in [6.45, 7) is 0. The molecule has 1 aromatic heterocycles. The lowest BCUT2D eigenvalue weighted by molar-refractivity contribution is -0.00636. The van der Waals surface area contributed by atoms with E-state index in [1.54, 1.807) is 18.3 Å². The Kier molecular flexibility index (Phi) is 1.46. The number of esters is 1. The van der Waals surface area contributed by atoms with Gasteiger partial charge in [-0.1, -0.05) is 0 Å². The molecule has 2 aliphatic rings. The van der Waals surface area contributed by atoms with Crippen LogP contribution in [0.25, 0.3) is 0 Å². The summed E-state index contributed by atoms with van der Waals surface area (Å²) in [4.78, 5) is 15.9. The fraction of sp³-hybridized carbons (Fsp3) is 0.455. The highest BCUT2D eigenvalue weighted by atomic mass is 16.6. The van der Waals surface area contributed by atoms with Gasteiger partial charge >= 0.3 is 5.97 Å². The van der Waals surface area contributed by atoms with Gasteiger partial charge in [0.25, 0.3) is 0 Å². The first-order chi connectivity index (χ1) is 6.82. The van der Waals surface area contributed by atoms with Gasteiger partial charge in [0.05, 0.1) is 11.3 Å². The maximum Gasteiger partial charge on any atom is 0.341 e. The first kappa shape index (κ1) is 7.97. The molecule has 0 radical (unpaired) electrons. The summed E-state index contributed by atoms with van der Waals surface area (Å²) in [6.07, 6.45) is 5.86. The van der Waals surface area contributed by atoms with E-state index in [1.807, 2.05) is 0 Å². The van der Waals surface area contributed by atoms with E-state index in [0.29, 0.717) is 5.56 Å². The minimum atomic E-state index is -0.367. The van der Waals surface area contributed by atoms with Crippen molar-refractivity contribution in [3.8, 4) is 0 Å². The van der Waals surface area contributed by atoms with Gasteiger partial charge in [0.15, 0.2) is 5.60 Å². The van der Waals surface area contributed by atoms with E-state index >= 15 is 0 Å². The second-order valence-corrected chi connectivity index (χ2v) is 3.99. The molecular weight excluding hydrogens is 178 g/mol. The summed E-state index contributed by atoms with van der Waals surface area (Å²) in [5, 5.41) is 0. The van der Waals surface area contributed by atoms with Crippen LogP contribution in [0.4, 0.5) is 0 Å². The van der Waals surface area contributed by atoms with Gasteiger partial charge in [-0.05, 0) is 37.8 Å². The van der Waals surface area contributed by atoms with E-state index in [0.717, 1.165) is 31.4 Å². The van der Waals surface area contributed by atoms with Crippen LogP contribution >= 0.6 is 0 Å². The summed E-state index contributed by atoms with van der Waals surface area (Å²) in [6, 6.07) is 3.59. The van der Waals surface area contributed by atoms with Crippen LogP contribution < -0.4 is 0 Å². The van der Waals surface area contributed by atoms with E-state index in [1.165, 1.54) is 0 Å². The van der Waals surface area contributed by atoms with Crippen molar-refractivity contribution in [1.29, 1.82) is 0 Å². The molecule has 0 amide bonds. The highest BCUT2D eigenvalue weighted by Gasteiger charge is 2.48. The van der Waals surface area contributed by atoms with Crippen molar-refractivity contribution in [2.45, 2.75) is 31.3 Å².